The highest BCUT2D eigenvalue weighted by molar-refractivity contribution is 6.02. The minimum atomic E-state index is -1.21. The number of anilines is 2. The van der Waals surface area contributed by atoms with Crippen LogP contribution in [0.4, 0.5) is 11.4 Å². The van der Waals surface area contributed by atoms with Crippen LogP contribution in [0.1, 0.15) is 20.8 Å². The highest BCUT2D eigenvalue weighted by Gasteiger charge is 2.25. The van der Waals surface area contributed by atoms with Crippen LogP contribution >= 0.6 is 0 Å². The van der Waals surface area contributed by atoms with Gasteiger partial charge < -0.3 is 16.2 Å². The molecule has 1 aromatic carbocycles. The molecule has 0 aliphatic rings. The molecule has 0 bridgehead atoms. The number of benzene rings is 1. The number of carboxylic acids is 1. The molecule has 132 valence electrons. The van der Waals surface area contributed by atoms with Crippen LogP contribution in [-0.2, 0) is 14.4 Å². The van der Waals surface area contributed by atoms with Gasteiger partial charge in [-0.05, 0) is 24.1 Å². The third kappa shape index (κ3) is 5.35. The molecule has 0 spiro atoms. The number of nitrogen functional groups attached to an aromatic ring is 1. The summed E-state index contributed by atoms with van der Waals surface area (Å²) in [5, 5.41) is 20.6. The summed E-state index contributed by atoms with van der Waals surface area (Å²) < 4.78 is 0. The van der Waals surface area contributed by atoms with Gasteiger partial charge in [0.25, 0.3) is 5.91 Å². The summed E-state index contributed by atoms with van der Waals surface area (Å²) >= 11 is 0. The molecule has 0 aromatic heterocycles. The molecule has 1 unspecified atom stereocenters. The van der Waals surface area contributed by atoms with Gasteiger partial charge in [0.05, 0.1) is 5.69 Å². The van der Waals surface area contributed by atoms with Crippen molar-refractivity contribution in [2.75, 3.05) is 10.6 Å². The molecule has 4 N–H and O–H groups in total. The Bertz CT molecular complexity index is 749. The summed E-state index contributed by atoms with van der Waals surface area (Å²) in [4.78, 5) is 36.4. The van der Waals surface area contributed by atoms with Gasteiger partial charge in [-0.3, -0.25) is 14.5 Å². The molecule has 0 heterocycles. The number of nitrogens with one attached hydrogen (secondary N) is 1. The lowest BCUT2D eigenvalue weighted by Gasteiger charge is -2.20. The average molecular weight is 344 g/mol. The Kier molecular flexibility index (Phi) is 6.70. The van der Waals surface area contributed by atoms with Crippen LogP contribution in [0, 0.1) is 17.2 Å². The summed E-state index contributed by atoms with van der Waals surface area (Å²) in [6.07, 6.45) is 1.06. The molecule has 25 heavy (non-hydrogen) atoms. The Morgan fingerprint density at radius 2 is 2.00 bits per heavy atom. The van der Waals surface area contributed by atoms with Crippen LogP contribution in [0.25, 0.3) is 0 Å². The Hall–Kier alpha value is -3.34. The van der Waals surface area contributed by atoms with Gasteiger partial charge in [-0.25, -0.2) is 4.79 Å². The molecule has 8 nitrogen and oxygen atoms in total. The van der Waals surface area contributed by atoms with Crippen LogP contribution in [0.3, 0.4) is 0 Å². The molecular formula is C17H20N4O4. The molecular weight excluding hydrogens is 324 g/mol. The number of hydrogen-bond acceptors (Lipinski definition) is 5. The van der Waals surface area contributed by atoms with E-state index in [9.17, 15) is 19.6 Å². The Morgan fingerprint density at radius 1 is 1.36 bits per heavy atom. The fraction of sp³-hybridized carbons (Fsp3) is 0.294. The predicted molar refractivity (Wildman–Crippen MR) is 92.1 cm³/mol. The number of nitriles is 1. The van der Waals surface area contributed by atoms with Crippen molar-refractivity contribution >= 4 is 29.2 Å². The SMILES string of the molecule is CC(=O)N(/C=C(/C#N)C(=O)NC(C(=O)O)C(C)C)c1cccc(N)c1. The molecule has 2 amide bonds. The molecule has 0 aliphatic heterocycles. The summed E-state index contributed by atoms with van der Waals surface area (Å²) in [5.41, 5.74) is 6.07. The van der Waals surface area contributed by atoms with Crippen molar-refractivity contribution in [1.29, 1.82) is 5.26 Å². The third-order valence-electron chi connectivity index (χ3n) is 3.33. The van der Waals surface area contributed by atoms with Crippen molar-refractivity contribution in [3.05, 3.63) is 36.0 Å². The van der Waals surface area contributed by atoms with Crippen molar-refractivity contribution in [2.45, 2.75) is 26.8 Å². The second-order valence-corrected chi connectivity index (χ2v) is 5.67. The molecule has 0 radical (unpaired) electrons. The molecule has 0 aliphatic carbocycles. The van der Waals surface area contributed by atoms with Gasteiger partial charge in [-0.2, -0.15) is 5.26 Å². The summed E-state index contributed by atoms with van der Waals surface area (Å²) in [5.74, 6) is -2.90. The largest absolute Gasteiger partial charge is 0.480 e. The minimum Gasteiger partial charge on any atom is -0.480 e. The molecule has 0 saturated carbocycles. The van der Waals surface area contributed by atoms with Crippen molar-refractivity contribution in [1.82, 2.24) is 5.32 Å². The average Bonchev–Trinajstić information content (AvgIpc) is 2.52. The normalized spacial score (nSPS) is 12.2. The van der Waals surface area contributed by atoms with E-state index in [-0.39, 0.29) is 5.92 Å². The van der Waals surface area contributed by atoms with E-state index in [1.165, 1.54) is 13.0 Å². The van der Waals surface area contributed by atoms with Crippen LogP contribution in [0.2, 0.25) is 0 Å². The molecule has 1 atom stereocenters. The molecule has 1 aromatic rings. The van der Waals surface area contributed by atoms with Gasteiger partial charge in [-0.15, -0.1) is 0 Å². The number of hydrogen-bond donors (Lipinski definition) is 3. The summed E-state index contributed by atoms with van der Waals surface area (Å²) in [7, 11) is 0. The lowest BCUT2D eigenvalue weighted by molar-refractivity contribution is -0.142. The van der Waals surface area contributed by atoms with Crippen LogP contribution in [-0.4, -0.2) is 28.9 Å². The number of nitrogens with two attached hydrogens (primary N) is 1. The van der Waals surface area contributed by atoms with E-state index in [1.807, 2.05) is 0 Å². The first kappa shape index (κ1) is 19.7. The number of rotatable bonds is 6. The zero-order valence-electron chi connectivity index (χ0n) is 14.2. The van der Waals surface area contributed by atoms with Gasteiger partial charge in [0.1, 0.15) is 17.7 Å². The Labute approximate surface area is 145 Å². The van der Waals surface area contributed by atoms with Gasteiger partial charge in [0, 0.05) is 18.8 Å². The van der Waals surface area contributed by atoms with Crippen molar-refractivity contribution < 1.29 is 19.5 Å². The fourth-order valence-electron chi connectivity index (χ4n) is 2.02. The Morgan fingerprint density at radius 3 is 2.44 bits per heavy atom. The number of nitrogens with zero attached hydrogens (tertiary/aromatic N) is 2. The minimum absolute atomic E-state index is 0.376. The van der Waals surface area contributed by atoms with Gasteiger partial charge in [-0.1, -0.05) is 19.9 Å². The highest BCUT2D eigenvalue weighted by Crippen LogP contribution is 2.19. The maximum Gasteiger partial charge on any atom is 0.326 e. The molecule has 1 rings (SSSR count). The molecule has 0 saturated heterocycles. The van der Waals surface area contributed by atoms with Gasteiger partial charge in [0.15, 0.2) is 0 Å². The Balaban J connectivity index is 3.17. The zero-order chi connectivity index (χ0) is 19.1. The van der Waals surface area contributed by atoms with Crippen molar-refractivity contribution in [3.63, 3.8) is 0 Å². The van der Waals surface area contributed by atoms with E-state index in [2.05, 4.69) is 5.32 Å². The standard InChI is InChI=1S/C17H20N4O4/c1-10(2)15(17(24)25)20-16(23)12(8-18)9-21(11(3)22)14-6-4-5-13(19)7-14/h4-7,9-10,15H,19H2,1-3H3,(H,20,23)(H,24,25)/b12-9-. The van der Waals surface area contributed by atoms with E-state index in [1.54, 1.807) is 38.1 Å². The van der Waals surface area contributed by atoms with E-state index >= 15 is 0 Å². The lowest BCUT2D eigenvalue weighted by atomic mass is 10.0. The third-order valence-corrected chi connectivity index (χ3v) is 3.33. The molecule has 8 heteroatoms. The van der Waals surface area contributed by atoms with E-state index in [0.29, 0.717) is 11.4 Å². The lowest BCUT2D eigenvalue weighted by Crippen LogP contribution is -2.45. The smallest absolute Gasteiger partial charge is 0.326 e. The van der Waals surface area contributed by atoms with E-state index in [4.69, 9.17) is 10.8 Å². The first-order valence-corrected chi connectivity index (χ1v) is 7.48. The first-order valence-electron chi connectivity index (χ1n) is 7.48. The maximum atomic E-state index is 12.2. The molecule has 0 fully saturated rings. The van der Waals surface area contributed by atoms with Crippen molar-refractivity contribution in [2.24, 2.45) is 5.92 Å². The number of aliphatic carboxylic acids is 1. The summed E-state index contributed by atoms with van der Waals surface area (Å²) in [6.45, 7) is 4.52. The second-order valence-electron chi connectivity index (χ2n) is 5.67. The second kappa shape index (κ2) is 8.49. The van der Waals surface area contributed by atoms with Crippen LogP contribution in [0.5, 0.6) is 0 Å². The number of carbonyl (C=O) groups excluding carboxylic acids is 2. The van der Waals surface area contributed by atoms with Crippen LogP contribution < -0.4 is 16.0 Å². The highest BCUT2D eigenvalue weighted by atomic mass is 16.4. The van der Waals surface area contributed by atoms with Crippen molar-refractivity contribution in [3.8, 4) is 6.07 Å². The van der Waals surface area contributed by atoms with Crippen LogP contribution in [0.15, 0.2) is 36.0 Å². The number of carboxylic acid groups (broad SMARTS) is 1. The maximum absolute atomic E-state index is 12.2. The van der Waals surface area contributed by atoms with Gasteiger partial charge >= 0.3 is 5.97 Å². The monoisotopic (exact) mass is 344 g/mol. The first-order chi connectivity index (χ1) is 11.7. The fourth-order valence-corrected chi connectivity index (χ4v) is 2.02. The number of carbonyl (C=O) groups is 3. The predicted octanol–water partition coefficient (Wildman–Crippen LogP) is 1.25. The summed E-state index contributed by atoms with van der Waals surface area (Å²) in [6, 6.07) is 6.89. The topological polar surface area (TPSA) is 137 Å². The quantitative estimate of drug-likeness (QED) is 0.403. The van der Waals surface area contributed by atoms with Gasteiger partial charge in [0.2, 0.25) is 5.91 Å². The number of amides is 2. The van der Waals surface area contributed by atoms with E-state index < -0.39 is 29.4 Å². The van der Waals surface area contributed by atoms with E-state index in [0.717, 1.165) is 11.1 Å². The zero-order valence-corrected chi connectivity index (χ0v) is 14.2.